The fourth-order valence-electron chi connectivity index (χ4n) is 0. The number of nitrogens with one attached hydrogen (secondary N) is 1. The zero-order valence-corrected chi connectivity index (χ0v) is 6.43. The highest BCUT2D eigenvalue weighted by Gasteiger charge is 2.17. The van der Waals surface area contributed by atoms with E-state index in [-0.39, 0.29) is 0 Å². The van der Waals surface area contributed by atoms with Gasteiger partial charge in [0.05, 0.1) is 0 Å². The Morgan fingerprint density at radius 3 is 1.56 bits per heavy atom. The highest BCUT2D eigenvalue weighted by Crippen LogP contribution is 2.24. The Morgan fingerprint density at radius 2 is 1.56 bits per heavy atom. The molecule has 0 bridgehead atoms. The molecule has 0 heterocycles. The molecule has 1 N–H and O–H groups in total. The van der Waals surface area contributed by atoms with Crippen LogP contribution in [0.5, 0.6) is 0 Å². The molecule has 6 heteroatoms. The maximum Gasteiger partial charge on any atom is 0.231 e. The van der Waals surface area contributed by atoms with Crippen LogP contribution in [0.25, 0.3) is 0 Å². The molecule has 0 aromatic carbocycles. The lowest BCUT2D eigenvalue weighted by Gasteiger charge is -1.99. The Bertz CT molecular complexity index is 93.7. The summed E-state index contributed by atoms with van der Waals surface area (Å²) in [5.41, 5.74) is 0. The van der Waals surface area contributed by atoms with Crippen molar-refractivity contribution in [2.45, 2.75) is 3.79 Å². The van der Waals surface area contributed by atoms with Gasteiger partial charge in [-0.1, -0.05) is 34.8 Å². The molecule has 0 saturated carbocycles. The fourth-order valence-corrected chi connectivity index (χ4v) is 0. The molecule has 0 unspecified atom stereocenters. The van der Waals surface area contributed by atoms with Crippen molar-refractivity contribution in [1.82, 2.24) is 0 Å². The van der Waals surface area contributed by atoms with Crippen LogP contribution < -0.4 is 0 Å². The van der Waals surface area contributed by atoms with Crippen LogP contribution in [0.2, 0.25) is 0 Å². The third-order valence-corrected chi connectivity index (χ3v) is 0.491. The van der Waals surface area contributed by atoms with E-state index in [2.05, 4.69) is 0 Å². The second-order valence-electron chi connectivity index (χ2n) is 0.862. The van der Waals surface area contributed by atoms with Gasteiger partial charge < -0.3 is 0 Å². The first-order chi connectivity index (χ1) is 3.97. The zero-order chi connectivity index (χ0) is 7.91. The smallest absolute Gasteiger partial charge is 0.231 e. The topological polar surface area (TPSA) is 60.8 Å². The average Bonchev–Trinajstić information content (AvgIpc) is 1.67. The molecule has 0 fully saturated rings. The summed E-state index contributed by atoms with van der Waals surface area (Å²) in [7, 11) is 0. The van der Waals surface area contributed by atoms with Gasteiger partial charge in [-0.25, -0.2) is 15.3 Å². The summed E-state index contributed by atoms with van der Waals surface area (Å²) in [6.45, 7) is -0.683. The molecule has 1 radical (unpaired) electrons. The molecule has 0 spiro atoms. The van der Waals surface area contributed by atoms with Crippen LogP contribution in [-0.2, 0) is 9.90 Å². The van der Waals surface area contributed by atoms with Crippen LogP contribution in [0.3, 0.4) is 0 Å². The van der Waals surface area contributed by atoms with Crippen molar-refractivity contribution in [3.8, 4) is 0 Å². The van der Waals surface area contributed by atoms with Crippen LogP contribution in [0.4, 0.5) is 0 Å². The van der Waals surface area contributed by atoms with Crippen molar-refractivity contribution in [2.75, 3.05) is 6.61 Å². The second kappa shape index (κ2) is 6.33. The highest BCUT2D eigenvalue weighted by molar-refractivity contribution is 6.67. The molecule has 0 aliphatic rings. The van der Waals surface area contributed by atoms with Gasteiger partial charge in [0.25, 0.3) is 0 Å². The highest BCUT2D eigenvalue weighted by atomic mass is 35.6. The van der Waals surface area contributed by atoms with Gasteiger partial charge in [-0.05, 0) is 0 Å². The SMILES string of the molecule is N=C=O.[O]CC(Cl)(Cl)Cl. The molecule has 0 aromatic rings. The predicted molar refractivity (Wildman–Crippen MR) is 34.3 cm³/mol. The molecule has 0 aliphatic carbocycles. The van der Waals surface area contributed by atoms with E-state index in [1.54, 1.807) is 0 Å². The molecule has 0 saturated heterocycles. The van der Waals surface area contributed by atoms with Crippen molar-refractivity contribution in [1.29, 1.82) is 5.41 Å². The number of alkyl halides is 3. The van der Waals surface area contributed by atoms with E-state index in [0.717, 1.165) is 6.08 Å². The molecule has 0 aromatic heterocycles. The fraction of sp³-hybridized carbons (Fsp3) is 0.667. The van der Waals surface area contributed by atoms with Crippen LogP contribution in [0.1, 0.15) is 0 Å². The summed E-state index contributed by atoms with van der Waals surface area (Å²) >= 11 is 14.8. The van der Waals surface area contributed by atoms with Gasteiger partial charge in [-0.3, -0.25) is 0 Å². The molecule has 0 aliphatic heterocycles. The van der Waals surface area contributed by atoms with Crippen molar-refractivity contribution in [2.24, 2.45) is 0 Å². The first-order valence-electron chi connectivity index (χ1n) is 1.66. The number of hydrogen-bond acceptors (Lipinski definition) is 2. The summed E-state index contributed by atoms with van der Waals surface area (Å²) in [6.07, 6.45) is 0.750. The van der Waals surface area contributed by atoms with Gasteiger partial charge in [-0.2, -0.15) is 0 Å². The van der Waals surface area contributed by atoms with Gasteiger partial charge in [-0.15, -0.1) is 0 Å². The lowest BCUT2D eigenvalue weighted by molar-refractivity contribution is 0.200. The van der Waals surface area contributed by atoms with Gasteiger partial charge >= 0.3 is 0 Å². The van der Waals surface area contributed by atoms with E-state index in [9.17, 15) is 5.11 Å². The van der Waals surface area contributed by atoms with Crippen molar-refractivity contribution < 1.29 is 9.90 Å². The minimum atomic E-state index is -1.60. The third-order valence-electron chi connectivity index (χ3n) is 0.164. The molecule has 3 nitrogen and oxygen atoms in total. The molecular weight excluding hydrogens is 188 g/mol. The van der Waals surface area contributed by atoms with Gasteiger partial charge in [0.2, 0.25) is 9.87 Å². The lowest BCUT2D eigenvalue weighted by atomic mass is 10.9. The molecule has 0 rings (SSSR count). The lowest BCUT2D eigenvalue weighted by Crippen LogP contribution is -2.05. The molecule has 9 heavy (non-hydrogen) atoms. The number of carbonyl (C=O) groups excluding carboxylic acids is 1. The van der Waals surface area contributed by atoms with E-state index in [4.69, 9.17) is 45.0 Å². The first kappa shape index (κ1) is 11.9. The average molecular weight is 191 g/mol. The molecular formula is C3H3Cl3NO2. The maximum atomic E-state index is 9.56. The quantitative estimate of drug-likeness (QED) is 0.353. The molecule has 53 valence electrons. The predicted octanol–water partition coefficient (Wildman–Crippen LogP) is 1.69. The summed E-state index contributed by atoms with van der Waals surface area (Å²) < 4.78 is -1.60. The summed E-state index contributed by atoms with van der Waals surface area (Å²) in [6, 6.07) is 0. The monoisotopic (exact) mass is 190 g/mol. The third kappa shape index (κ3) is 30.7. The molecule has 0 atom stereocenters. The van der Waals surface area contributed by atoms with Crippen LogP contribution in [0, 0.1) is 5.41 Å². The van der Waals surface area contributed by atoms with E-state index in [1.807, 2.05) is 0 Å². The van der Waals surface area contributed by atoms with E-state index in [1.165, 1.54) is 0 Å². The summed E-state index contributed by atoms with van der Waals surface area (Å²) in [4.78, 5) is 8.35. The van der Waals surface area contributed by atoms with Crippen molar-refractivity contribution >= 4 is 40.9 Å². The summed E-state index contributed by atoms with van der Waals surface area (Å²) in [5, 5.41) is 15.0. The van der Waals surface area contributed by atoms with Gasteiger partial charge in [0.15, 0.2) is 0 Å². The standard InChI is InChI=1S/C2H2Cl3O.CHNO/c3-2(4,5)1-6;2-1-3/h1H2;2H. The number of isocyanates is 1. The first-order valence-corrected chi connectivity index (χ1v) is 2.80. The normalized spacial score (nSPS) is 8.89. The van der Waals surface area contributed by atoms with Crippen molar-refractivity contribution in [3.63, 3.8) is 0 Å². The number of hydrogen-bond donors (Lipinski definition) is 1. The van der Waals surface area contributed by atoms with Crippen LogP contribution in [-0.4, -0.2) is 16.5 Å². The van der Waals surface area contributed by atoms with Crippen LogP contribution in [0.15, 0.2) is 0 Å². The Kier molecular flexibility index (Phi) is 8.40. The molecule has 0 amide bonds. The Hall–Kier alpha value is 0.210. The van der Waals surface area contributed by atoms with Gasteiger partial charge in [0, 0.05) is 0 Å². The Morgan fingerprint density at radius 1 is 1.44 bits per heavy atom. The summed E-state index contributed by atoms with van der Waals surface area (Å²) in [5.74, 6) is 0. The Balaban J connectivity index is 0. The number of halogens is 3. The van der Waals surface area contributed by atoms with E-state index >= 15 is 0 Å². The Labute approximate surface area is 67.0 Å². The van der Waals surface area contributed by atoms with E-state index < -0.39 is 10.4 Å². The van der Waals surface area contributed by atoms with E-state index in [0.29, 0.717) is 0 Å². The van der Waals surface area contributed by atoms with Gasteiger partial charge in [0.1, 0.15) is 6.61 Å². The van der Waals surface area contributed by atoms with Crippen molar-refractivity contribution in [3.05, 3.63) is 0 Å². The van der Waals surface area contributed by atoms with Crippen LogP contribution >= 0.6 is 34.8 Å². The zero-order valence-electron chi connectivity index (χ0n) is 4.16. The largest absolute Gasteiger partial charge is 0.232 e. The minimum Gasteiger partial charge on any atom is -0.232 e. The second-order valence-corrected chi connectivity index (χ2v) is 3.38. The minimum absolute atomic E-state index is 0.683. The number of rotatable bonds is 0. The maximum absolute atomic E-state index is 9.56.